The Kier molecular flexibility index (Phi) is 1.69. The fourth-order valence-corrected chi connectivity index (χ4v) is 1.13. The van der Waals surface area contributed by atoms with Crippen LogP contribution in [0.5, 0.6) is 0 Å². The van der Waals surface area contributed by atoms with Crippen molar-refractivity contribution in [2.45, 2.75) is 30.4 Å². The van der Waals surface area contributed by atoms with Gasteiger partial charge in [-0.2, -0.15) is 0 Å². The SMILES string of the molecule is NC1(N)CC(O)C(O)C1O. The van der Waals surface area contributed by atoms with E-state index in [2.05, 4.69) is 0 Å². The van der Waals surface area contributed by atoms with Crippen LogP contribution >= 0.6 is 0 Å². The first-order valence-electron chi connectivity index (χ1n) is 3.07. The molecule has 0 spiro atoms. The molecule has 1 rings (SSSR count). The molecular formula is C5H12N2O3. The molecule has 1 aliphatic rings. The molecule has 5 nitrogen and oxygen atoms in total. The Bertz CT molecular complexity index is 139. The summed E-state index contributed by atoms with van der Waals surface area (Å²) in [5.74, 6) is 0. The lowest BCUT2D eigenvalue weighted by Crippen LogP contribution is -2.57. The molecule has 3 atom stereocenters. The predicted molar refractivity (Wildman–Crippen MR) is 33.7 cm³/mol. The summed E-state index contributed by atoms with van der Waals surface area (Å²) in [6.45, 7) is 0. The monoisotopic (exact) mass is 148 g/mol. The van der Waals surface area contributed by atoms with E-state index in [0.717, 1.165) is 0 Å². The van der Waals surface area contributed by atoms with Gasteiger partial charge in [-0.15, -0.1) is 0 Å². The van der Waals surface area contributed by atoms with E-state index in [0.29, 0.717) is 0 Å². The number of hydrogen-bond donors (Lipinski definition) is 5. The van der Waals surface area contributed by atoms with Crippen molar-refractivity contribution in [2.75, 3.05) is 0 Å². The number of aliphatic hydroxyl groups is 3. The standard InChI is InChI=1S/C5H12N2O3/c6-5(7)1-2(8)3(9)4(5)10/h2-4,8-10H,1,6-7H2. The predicted octanol–water partition coefficient (Wildman–Crippen LogP) is -2.91. The minimum absolute atomic E-state index is 0.0231. The molecule has 1 fully saturated rings. The maximum absolute atomic E-state index is 9.04. The molecule has 0 heterocycles. The van der Waals surface area contributed by atoms with Gasteiger partial charge >= 0.3 is 0 Å². The number of nitrogens with two attached hydrogens (primary N) is 2. The Hall–Kier alpha value is -0.200. The zero-order chi connectivity index (χ0) is 7.94. The number of hydrogen-bond acceptors (Lipinski definition) is 5. The molecule has 0 aliphatic heterocycles. The van der Waals surface area contributed by atoms with Crippen LogP contribution in [0, 0.1) is 0 Å². The van der Waals surface area contributed by atoms with Crippen LogP contribution in [0.15, 0.2) is 0 Å². The quantitative estimate of drug-likeness (QED) is 0.236. The molecule has 5 heteroatoms. The van der Waals surface area contributed by atoms with Crippen LogP contribution in [0.2, 0.25) is 0 Å². The summed E-state index contributed by atoms with van der Waals surface area (Å²) in [4.78, 5) is 0. The van der Waals surface area contributed by atoms with E-state index in [1.807, 2.05) is 0 Å². The third-order valence-electron chi connectivity index (χ3n) is 1.83. The Morgan fingerprint density at radius 3 is 1.80 bits per heavy atom. The average Bonchev–Trinajstić information content (AvgIpc) is 1.95. The second-order valence-corrected chi connectivity index (χ2v) is 2.82. The summed E-state index contributed by atoms with van der Waals surface area (Å²) >= 11 is 0. The topological polar surface area (TPSA) is 113 Å². The lowest BCUT2D eigenvalue weighted by molar-refractivity contribution is -0.0289. The molecule has 0 aromatic rings. The third kappa shape index (κ3) is 1.02. The van der Waals surface area contributed by atoms with Gasteiger partial charge in [0.25, 0.3) is 0 Å². The van der Waals surface area contributed by atoms with Gasteiger partial charge in [-0.05, 0) is 0 Å². The van der Waals surface area contributed by atoms with Gasteiger partial charge in [0.2, 0.25) is 0 Å². The van der Waals surface area contributed by atoms with Gasteiger partial charge in [0, 0.05) is 6.42 Å². The van der Waals surface area contributed by atoms with Crippen molar-refractivity contribution in [3.05, 3.63) is 0 Å². The normalized spacial score (nSPS) is 45.9. The smallest absolute Gasteiger partial charge is 0.113 e. The maximum Gasteiger partial charge on any atom is 0.113 e. The Morgan fingerprint density at radius 1 is 1.20 bits per heavy atom. The fourth-order valence-electron chi connectivity index (χ4n) is 1.13. The third-order valence-corrected chi connectivity index (χ3v) is 1.83. The Labute approximate surface area is 58.3 Å². The van der Waals surface area contributed by atoms with Crippen molar-refractivity contribution >= 4 is 0 Å². The van der Waals surface area contributed by atoms with Crippen LogP contribution in [0.1, 0.15) is 6.42 Å². The second kappa shape index (κ2) is 2.14. The first-order chi connectivity index (χ1) is 4.45. The Balaban J connectivity index is 2.71. The van der Waals surface area contributed by atoms with E-state index >= 15 is 0 Å². The van der Waals surface area contributed by atoms with Crippen LogP contribution in [0.3, 0.4) is 0 Å². The van der Waals surface area contributed by atoms with Crippen molar-refractivity contribution in [2.24, 2.45) is 11.5 Å². The molecule has 0 aromatic carbocycles. The van der Waals surface area contributed by atoms with E-state index < -0.39 is 24.0 Å². The highest BCUT2D eigenvalue weighted by molar-refractivity contribution is 5.02. The molecule has 3 unspecified atom stereocenters. The molecule has 1 aliphatic carbocycles. The summed E-state index contributed by atoms with van der Waals surface area (Å²) in [7, 11) is 0. The van der Waals surface area contributed by atoms with Crippen molar-refractivity contribution in [1.82, 2.24) is 0 Å². The van der Waals surface area contributed by atoms with E-state index in [-0.39, 0.29) is 6.42 Å². The van der Waals surface area contributed by atoms with Gasteiger partial charge in [-0.3, -0.25) is 0 Å². The molecule has 0 aromatic heterocycles. The van der Waals surface area contributed by atoms with Crippen molar-refractivity contribution in [1.29, 1.82) is 0 Å². The van der Waals surface area contributed by atoms with Crippen molar-refractivity contribution in [3.63, 3.8) is 0 Å². The molecule has 10 heavy (non-hydrogen) atoms. The van der Waals surface area contributed by atoms with Gasteiger partial charge in [-0.25, -0.2) is 0 Å². The van der Waals surface area contributed by atoms with Crippen LogP contribution in [-0.2, 0) is 0 Å². The largest absolute Gasteiger partial charge is 0.390 e. The van der Waals surface area contributed by atoms with Crippen LogP contribution in [0.4, 0.5) is 0 Å². The summed E-state index contributed by atoms with van der Waals surface area (Å²) < 4.78 is 0. The van der Waals surface area contributed by atoms with Crippen molar-refractivity contribution in [3.8, 4) is 0 Å². The lowest BCUT2D eigenvalue weighted by atomic mass is 10.1. The molecule has 0 radical (unpaired) electrons. The van der Waals surface area contributed by atoms with Gasteiger partial charge in [0.05, 0.1) is 11.8 Å². The van der Waals surface area contributed by atoms with Gasteiger partial charge in [0.1, 0.15) is 12.2 Å². The summed E-state index contributed by atoms with van der Waals surface area (Å²) in [6.07, 6.45) is -3.43. The molecule has 0 bridgehead atoms. The van der Waals surface area contributed by atoms with Gasteiger partial charge in [-0.1, -0.05) is 0 Å². The zero-order valence-electron chi connectivity index (χ0n) is 5.44. The molecular weight excluding hydrogens is 136 g/mol. The second-order valence-electron chi connectivity index (χ2n) is 2.82. The molecule has 60 valence electrons. The summed E-state index contributed by atoms with van der Waals surface area (Å²) in [5.41, 5.74) is 9.27. The van der Waals surface area contributed by atoms with E-state index in [1.54, 1.807) is 0 Å². The minimum atomic E-state index is -1.35. The van der Waals surface area contributed by atoms with Gasteiger partial charge in [0.15, 0.2) is 0 Å². The van der Waals surface area contributed by atoms with Crippen molar-refractivity contribution < 1.29 is 15.3 Å². The molecule has 7 N–H and O–H groups in total. The van der Waals surface area contributed by atoms with E-state index in [4.69, 9.17) is 26.8 Å². The van der Waals surface area contributed by atoms with Crippen LogP contribution in [0.25, 0.3) is 0 Å². The highest BCUT2D eigenvalue weighted by Crippen LogP contribution is 2.24. The first-order valence-corrected chi connectivity index (χ1v) is 3.07. The molecule has 1 saturated carbocycles. The Morgan fingerprint density at radius 2 is 1.70 bits per heavy atom. The lowest BCUT2D eigenvalue weighted by Gasteiger charge is -2.22. The fraction of sp³-hybridized carbons (Fsp3) is 1.00. The molecule has 0 amide bonds. The first kappa shape index (κ1) is 7.90. The van der Waals surface area contributed by atoms with Crippen LogP contribution < -0.4 is 11.5 Å². The summed E-state index contributed by atoms with van der Waals surface area (Å²) in [5, 5.41) is 26.9. The number of aliphatic hydroxyl groups excluding tert-OH is 3. The maximum atomic E-state index is 9.04. The van der Waals surface area contributed by atoms with Crippen LogP contribution in [-0.4, -0.2) is 39.3 Å². The number of rotatable bonds is 0. The van der Waals surface area contributed by atoms with Gasteiger partial charge < -0.3 is 26.8 Å². The van der Waals surface area contributed by atoms with E-state index in [9.17, 15) is 0 Å². The van der Waals surface area contributed by atoms with E-state index in [1.165, 1.54) is 0 Å². The zero-order valence-corrected chi connectivity index (χ0v) is 5.44. The summed E-state index contributed by atoms with van der Waals surface area (Å²) in [6, 6.07) is 0. The minimum Gasteiger partial charge on any atom is -0.390 e. The molecule has 0 saturated heterocycles. The highest BCUT2D eigenvalue weighted by Gasteiger charge is 2.47. The average molecular weight is 148 g/mol. The highest BCUT2D eigenvalue weighted by atomic mass is 16.4.